The summed E-state index contributed by atoms with van der Waals surface area (Å²) in [7, 11) is 0. The lowest BCUT2D eigenvalue weighted by atomic mass is 10.1. The molecule has 0 atom stereocenters. The molecule has 5 nitrogen and oxygen atoms in total. The summed E-state index contributed by atoms with van der Waals surface area (Å²) in [6.45, 7) is 0.0862. The Morgan fingerprint density at radius 1 is 1.07 bits per heavy atom. The van der Waals surface area contributed by atoms with Gasteiger partial charge in [-0.05, 0) is 46.7 Å². The van der Waals surface area contributed by atoms with Crippen LogP contribution in [0.25, 0.3) is 16.8 Å². The third kappa shape index (κ3) is 4.37. The van der Waals surface area contributed by atoms with Crippen LogP contribution >= 0.6 is 24.0 Å². The maximum Gasteiger partial charge on any atom is 0.306 e. The molecule has 30 heavy (non-hydrogen) atoms. The first-order valence-electron chi connectivity index (χ1n) is 9.23. The number of ether oxygens (including phenoxy) is 1. The van der Waals surface area contributed by atoms with Crippen molar-refractivity contribution in [2.75, 3.05) is 11.5 Å². The molecular weight excluding hydrogens is 418 g/mol. The van der Waals surface area contributed by atoms with Crippen LogP contribution in [0.1, 0.15) is 12.0 Å². The van der Waals surface area contributed by atoms with Crippen LogP contribution in [-0.2, 0) is 9.59 Å². The number of anilines is 1. The summed E-state index contributed by atoms with van der Waals surface area (Å²) in [4.78, 5) is 25.7. The Kier molecular flexibility index (Phi) is 5.83. The number of amides is 1. The van der Waals surface area contributed by atoms with Gasteiger partial charge in [-0.15, -0.1) is 0 Å². The number of carbonyl (C=O) groups is 2. The van der Waals surface area contributed by atoms with Gasteiger partial charge >= 0.3 is 5.97 Å². The average Bonchev–Trinajstić information content (AvgIpc) is 3.00. The predicted molar refractivity (Wildman–Crippen MR) is 124 cm³/mol. The Labute approximate surface area is 183 Å². The first kappa shape index (κ1) is 20.1. The standard InChI is InChI=1S/C23H17NO4S2/c25-21(26)10-11-28-19-7-3-4-15(12-19)13-20-22(27)24(23(29)30-20)18-9-8-16-5-1-2-6-17(16)14-18/h1-9,12-14H,10-11H2,(H,25,26)/b20-13+. The molecule has 1 N–H and O–H groups in total. The lowest BCUT2D eigenvalue weighted by Crippen LogP contribution is -2.27. The van der Waals surface area contributed by atoms with Crippen molar-refractivity contribution in [3.63, 3.8) is 0 Å². The molecule has 0 bridgehead atoms. The van der Waals surface area contributed by atoms with Crippen LogP contribution in [-0.4, -0.2) is 27.9 Å². The second-order valence-electron chi connectivity index (χ2n) is 6.61. The van der Waals surface area contributed by atoms with Crippen molar-refractivity contribution in [1.29, 1.82) is 0 Å². The summed E-state index contributed by atoms with van der Waals surface area (Å²) in [6.07, 6.45) is 1.69. The summed E-state index contributed by atoms with van der Waals surface area (Å²) in [5.74, 6) is -0.531. The predicted octanol–water partition coefficient (Wildman–Crippen LogP) is 5.10. The molecule has 1 saturated heterocycles. The molecule has 1 amide bonds. The summed E-state index contributed by atoms with van der Waals surface area (Å²) >= 11 is 6.72. The van der Waals surface area contributed by atoms with Crippen LogP contribution in [0.5, 0.6) is 5.75 Å². The normalized spacial score (nSPS) is 15.2. The van der Waals surface area contributed by atoms with Gasteiger partial charge in [0.25, 0.3) is 5.91 Å². The van der Waals surface area contributed by atoms with Crippen LogP contribution in [0, 0.1) is 0 Å². The van der Waals surface area contributed by atoms with Gasteiger partial charge in [0, 0.05) is 0 Å². The van der Waals surface area contributed by atoms with Crippen LogP contribution in [0.4, 0.5) is 5.69 Å². The minimum atomic E-state index is -0.913. The molecule has 1 aliphatic rings. The van der Waals surface area contributed by atoms with E-state index in [-0.39, 0.29) is 18.9 Å². The highest BCUT2D eigenvalue weighted by molar-refractivity contribution is 8.27. The Balaban J connectivity index is 1.56. The number of thioether (sulfide) groups is 1. The van der Waals surface area contributed by atoms with E-state index in [2.05, 4.69) is 0 Å². The van der Waals surface area contributed by atoms with Crippen LogP contribution in [0.2, 0.25) is 0 Å². The maximum atomic E-state index is 13.0. The highest BCUT2D eigenvalue weighted by Gasteiger charge is 2.33. The minimum absolute atomic E-state index is 0.0748. The fourth-order valence-corrected chi connectivity index (χ4v) is 4.41. The number of nitrogens with zero attached hydrogens (tertiary/aromatic N) is 1. The molecule has 150 valence electrons. The Morgan fingerprint density at radius 2 is 1.87 bits per heavy atom. The highest BCUT2D eigenvalue weighted by atomic mass is 32.2. The third-order valence-corrected chi connectivity index (χ3v) is 5.83. The molecule has 1 fully saturated rings. The van der Waals surface area contributed by atoms with Gasteiger partial charge < -0.3 is 9.84 Å². The Morgan fingerprint density at radius 3 is 2.67 bits per heavy atom. The van der Waals surface area contributed by atoms with Crippen LogP contribution in [0.3, 0.4) is 0 Å². The lowest BCUT2D eigenvalue weighted by molar-refractivity contribution is -0.137. The number of hydrogen-bond acceptors (Lipinski definition) is 5. The summed E-state index contributed by atoms with van der Waals surface area (Å²) in [5.41, 5.74) is 1.52. The number of hydrogen-bond donors (Lipinski definition) is 1. The number of carboxylic acids is 1. The summed E-state index contributed by atoms with van der Waals surface area (Å²) in [5, 5.41) is 10.9. The fraction of sp³-hybridized carbons (Fsp3) is 0.0870. The van der Waals surface area contributed by atoms with Gasteiger partial charge in [0.05, 0.1) is 23.6 Å². The molecule has 0 unspecified atom stereocenters. The van der Waals surface area contributed by atoms with Gasteiger partial charge in [0.15, 0.2) is 4.32 Å². The second-order valence-corrected chi connectivity index (χ2v) is 8.29. The molecule has 4 rings (SSSR count). The number of rotatable bonds is 6. The molecule has 0 spiro atoms. The van der Waals surface area contributed by atoms with Crippen molar-refractivity contribution in [3.05, 3.63) is 77.2 Å². The van der Waals surface area contributed by atoms with E-state index in [0.717, 1.165) is 22.0 Å². The van der Waals surface area contributed by atoms with Crippen molar-refractivity contribution >= 4 is 62.7 Å². The van der Waals surface area contributed by atoms with Gasteiger partial charge in [0.2, 0.25) is 0 Å². The van der Waals surface area contributed by atoms with E-state index in [9.17, 15) is 9.59 Å². The zero-order valence-corrected chi connectivity index (χ0v) is 17.4. The number of carbonyl (C=O) groups excluding carboxylic acids is 1. The van der Waals surface area contributed by atoms with Crippen molar-refractivity contribution < 1.29 is 19.4 Å². The van der Waals surface area contributed by atoms with Crippen LogP contribution < -0.4 is 9.64 Å². The molecule has 0 aromatic heterocycles. The monoisotopic (exact) mass is 435 g/mol. The topological polar surface area (TPSA) is 66.8 Å². The molecule has 3 aromatic rings. The van der Waals surface area contributed by atoms with Gasteiger partial charge in [-0.25, -0.2) is 0 Å². The molecule has 0 aliphatic carbocycles. The number of thiocarbonyl (C=S) groups is 1. The van der Waals surface area contributed by atoms with Gasteiger partial charge in [0.1, 0.15) is 5.75 Å². The quantitative estimate of drug-likeness (QED) is 0.429. The number of benzene rings is 3. The molecule has 1 aliphatic heterocycles. The minimum Gasteiger partial charge on any atom is -0.493 e. The van der Waals surface area contributed by atoms with E-state index in [0.29, 0.717) is 15.0 Å². The molecule has 0 saturated carbocycles. The highest BCUT2D eigenvalue weighted by Crippen LogP contribution is 2.37. The third-order valence-electron chi connectivity index (χ3n) is 4.53. The van der Waals surface area contributed by atoms with E-state index in [4.69, 9.17) is 22.1 Å². The van der Waals surface area contributed by atoms with E-state index < -0.39 is 5.97 Å². The zero-order chi connectivity index (χ0) is 21.1. The van der Waals surface area contributed by atoms with Gasteiger partial charge in [-0.1, -0.05) is 66.4 Å². The van der Waals surface area contributed by atoms with Crippen molar-refractivity contribution in [1.82, 2.24) is 0 Å². The second kappa shape index (κ2) is 8.69. The first-order chi connectivity index (χ1) is 14.5. The number of fused-ring (bicyclic) bond motifs is 1. The maximum absolute atomic E-state index is 13.0. The molecular formula is C23H17NO4S2. The molecule has 0 radical (unpaired) electrons. The SMILES string of the molecule is O=C(O)CCOc1cccc(/C=C2/SC(=S)N(c3ccc4ccccc4c3)C2=O)c1. The van der Waals surface area contributed by atoms with Crippen LogP contribution in [0.15, 0.2) is 71.6 Å². The Hall–Kier alpha value is -3.16. The van der Waals surface area contributed by atoms with Crippen molar-refractivity contribution in [3.8, 4) is 5.75 Å². The number of aliphatic carboxylic acids is 1. The average molecular weight is 436 g/mol. The first-order valence-corrected chi connectivity index (χ1v) is 10.5. The van der Waals surface area contributed by atoms with E-state index in [1.54, 1.807) is 29.2 Å². The zero-order valence-electron chi connectivity index (χ0n) is 15.8. The largest absolute Gasteiger partial charge is 0.493 e. The van der Waals surface area contributed by atoms with Crippen molar-refractivity contribution in [2.45, 2.75) is 6.42 Å². The molecule has 1 heterocycles. The van der Waals surface area contributed by atoms with E-state index >= 15 is 0 Å². The summed E-state index contributed by atoms with van der Waals surface area (Å²) in [6, 6.07) is 21.0. The number of carboxylic acid groups (broad SMARTS) is 1. The van der Waals surface area contributed by atoms with E-state index in [1.807, 2.05) is 48.5 Å². The van der Waals surface area contributed by atoms with Gasteiger partial charge in [-0.2, -0.15) is 0 Å². The van der Waals surface area contributed by atoms with Crippen molar-refractivity contribution in [2.24, 2.45) is 0 Å². The Bertz CT molecular complexity index is 1190. The molecule has 7 heteroatoms. The van der Waals surface area contributed by atoms with Gasteiger partial charge in [-0.3, -0.25) is 14.5 Å². The smallest absolute Gasteiger partial charge is 0.306 e. The van der Waals surface area contributed by atoms with E-state index in [1.165, 1.54) is 11.8 Å². The fourth-order valence-electron chi connectivity index (χ4n) is 3.11. The molecule has 3 aromatic carbocycles. The lowest BCUT2D eigenvalue weighted by Gasteiger charge is -2.15. The summed E-state index contributed by atoms with van der Waals surface area (Å²) < 4.78 is 5.95.